The zero-order chi connectivity index (χ0) is 13.0. The van der Waals surface area contributed by atoms with E-state index in [2.05, 4.69) is 15.6 Å². The Morgan fingerprint density at radius 3 is 2.61 bits per heavy atom. The van der Waals surface area contributed by atoms with E-state index >= 15 is 0 Å². The highest BCUT2D eigenvalue weighted by Gasteiger charge is 2.13. The molecule has 0 atom stereocenters. The molecule has 0 saturated heterocycles. The second kappa shape index (κ2) is 5.64. The Morgan fingerprint density at radius 1 is 1.28 bits per heavy atom. The SMILES string of the molecule is COC(=O)C1=CNNC(c2ccc(SC)cc2)=C1. The van der Waals surface area contributed by atoms with Gasteiger partial charge in [0.2, 0.25) is 0 Å². The average Bonchev–Trinajstić information content (AvgIpc) is 2.46. The van der Waals surface area contributed by atoms with Crippen LogP contribution in [0, 0.1) is 0 Å². The Morgan fingerprint density at radius 2 is 2.00 bits per heavy atom. The molecule has 0 radical (unpaired) electrons. The van der Waals surface area contributed by atoms with Crippen LogP contribution in [0.5, 0.6) is 0 Å². The maximum Gasteiger partial charge on any atom is 0.339 e. The quantitative estimate of drug-likeness (QED) is 0.644. The van der Waals surface area contributed by atoms with E-state index < -0.39 is 0 Å². The molecule has 18 heavy (non-hydrogen) atoms. The maximum atomic E-state index is 11.4. The first-order valence-corrected chi connectivity index (χ1v) is 6.63. The number of hydrazine groups is 1. The lowest BCUT2D eigenvalue weighted by molar-refractivity contribution is -0.135. The molecule has 1 aliphatic heterocycles. The lowest BCUT2D eigenvalue weighted by atomic mass is 10.1. The second-order valence-electron chi connectivity index (χ2n) is 3.65. The summed E-state index contributed by atoms with van der Waals surface area (Å²) in [4.78, 5) is 12.6. The maximum absolute atomic E-state index is 11.4. The van der Waals surface area contributed by atoms with Gasteiger partial charge in [0, 0.05) is 11.1 Å². The number of carbonyl (C=O) groups excluding carboxylic acids is 1. The van der Waals surface area contributed by atoms with Gasteiger partial charge in [0.15, 0.2) is 0 Å². The van der Waals surface area contributed by atoms with Gasteiger partial charge in [-0.05, 0) is 30.0 Å². The van der Waals surface area contributed by atoms with Crippen molar-refractivity contribution in [2.45, 2.75) is 4.90 Å². The third-order valence-corrected chi connectivity index (χ3v) is 3.30. The normalized spacial score (nSPS) is 13.9. The smallest absolute Gasteiger partial charge is 0.339 e. The lowest BCUT2D eigenvalue weighted by Gasteiger charge is -2.17. The Hall–Kier alpha value is -1.88. The van der Waals surface area contributed by atoms with Crippen LogP contribution in [0.2, 0.25) is 0 Å². The van der Waals surface area contributed by atoms with E-state index in [9.17, 15) is 4.79 Å². The van der Waals surface area contributed by atoms with Crippen molar-refractivity contribution in [2.24, 2.45) is 0 Å². The molecule has 0 amide bonds. The van der Waals surface area contributed by atoms with Gasteiger partial charge in [-0.15, -0.1) is 11.8 Å². The van der Waals surface area contributed by atoms with Crippen LogP contribution < -0.4 is 10.9 Å². The first kappa shape index (κ1) is 12.6. The average molecular weight is 262 g/mol. The summed E-state index contributed by atoms with van der Waals surface area (Å²) >= 11 is 1.69. The fourth-order valence-corrected chi connectivity index (χ4v) is 1.99. The van der Waals surface area contributed by atoms with Gasteiger partial charge in [-0.2, -0.15) is 0 Å². The van der Waals surface area contributed by atoms with Gasteiger partial charge < -0.3 is 15.6 Å². The van der Waals surface area contributed by atoms with Gasteiger partial charge >= 0.3 is 5.97 Å². The van der Waals surface area contributed by atoms with E-state index in [4.69, 9.17) is 0 Å². The van der Waals surface area contributed by atoms with Crippen LogP contribution in [-0.2, 0) is 9.53 Å². The molecule has 0 spiro atoms. The molecule has 2 rings (SSSR count). The summed E-state index contributed by atoms with van der Waals surface area (Å²) < 4.78 is 4.69. The minimum Gasteiger partial charge on any atom is -0.465 e. The third kappa shape index (κ3) is 2.68. The topological polar surface area (TPSA) is 50.4 Å². The number of thioether (sulfide) groups is 1. The molecule has 94 valence electrons. The van der Waals surface area contributed by atoms with Crippen molar-refractivity contribution in [3.05, 3.63) is 47.7 Å². The van der Waals surface area contributed by atoms with Crippen molar-refractivity contribution in [3.63, 3.8) is 0 Å². The molecule has 0 unspecified atom stereocenters. The van der Waals surface area contributed by atoms with Crippen molar-refractivity contribution >= 4 is 23.4 Å². The Kier molecular flexibility index (Phi) is 3.94. The van der Waals surface area contributed by atoms with Crippen LogP contribution in [0.4, 0.5) is 0 Å². The molecule has 2 N–H and O–H groups in total. The second-order valence-corrected chi connectivity index (χ2v) is 4.53. The van der Waals surface area contributed by atoms with Crippen LogP contribution in [0.3, 0.4) is 0 Å². The van der Waals surface area contributed by atoms with Crippen LogP contribution in [0.15, 0.2) is 47.0 Å². The number of esters is 1. The molecule has 1 aromatic carbocycles. The van der Waals surface area contributed by atoms with Gasteiger partial charge in [0.25, 0.3) is 0 Å². The summed E-state index contributed by atoms with van der Waals surface area (Å²) in [5, 5.41) is 0. The van der Waals surface area contributed by atoms with E-state index in [1.807, 2.05) is 30.5 Å². The fraction of sp³-hybridized carbons (Fsp3) is 0.154. The summed E-state index contributed by atoms with van der Waals surface area (Å²) in [6.07, 6.45) is 5.37. The minimum atomic E-state index is -0.359. The first-order chi connectivity index (χ1) is 8.74. The molecule has 1 aliphatic rings. The molecule has 0 saturated carbocycles. The molecule has 0 bridgehead atoms. The summed E-state index contributed by atoms with van der Waals surface area (Å²) in [7, 11) is 1.37. The zero-order valence-electron chi connectivity index (χ0n) is 10.2. The number of rotatable bonds is 3. The standard InChI is InChI=1S/C13H14N2O2S/c1-17-13(16)10-7-12(15-14-8-10)9-3-5-11(18-2)6-4-9/h3-8,14-15H,1-2H3. The van der Waals surface area contributed by atoms with Crippen molar-refractivity contribution in [2.75, 3.05) is 13.4 Å². The van der Waals surface area contributed by atoms with Crippen LogP contribution in [-0.4, -0.2) is 19.3 Å². The Balaban J connectivity index is 2.24. The first-order valence-electron chi connectivity index (χ1n) is 5.40. The van der Waals surface area contributed by atoms with Gasteiger partial charge in [0.05, 0.1) is 18.4 Å². The van der Waals surface area contributed by atoms with Crippen LogP contribution >= 0.6 is 11.8 Å². The number of hydrogen-bond donors (Lipinski definition) is 2. The molecule has 0 aromatic heterocycles. The molecule has 0 aliphatic carbocycles. The van der Waals surface area contributed by atoms with Crippen molar-refractivity contribution in [3.8, 4) is 0 Å². The molecule has 1 aromatic rings. The molecule has 4 nitrogen and oxygen atoms in total. The zero-order valence-corrected chi connectivity index (χ0v) is 11.0. The van der Waals surface area contributed by atoms with E-state index in [1.165, 1.54) is 12.0 Å². The molecular weight excluding hydrogens is 248 g/mol. The molecule has 5 heteroatoms. The summed E-state index contributed by atoms with van der Waals surface area (Å²) in [5.74, 6) is -0.359. The Bertz CT molecular complexity index is 506. The predicted molar refractivity (Wildman–Crippen MR) is 72.6 cm³/mol. The van der Waals surface area contributed by atoms with E-state index in [1.54, 1.807) is 24.0 Å². The van der Waals surface area contributed by atoms with Gasteiger partial charge in [-0.25, -0.2) is 4.79 Å². The highest BCUT2D eigenvalue weighted by molar-refractivity contribution is 7.98. The number of ether oxygens (including phenoxy) is 1. The van der Waals surface area contributed by atoms with E-state index in [-0.39, 0.29) is 5.97 Å². The van der Waals surface area contributed by atoms with Crippen molar-refractivity contribution in [1.82, 2.24) is 10.9 Å². The summed E-state index contributed by atoms with van der Waals surface area (Å²) in [6.45, 7) is 0. The van der Waals surface area contributed by atoms with E-state index in [0.717, 1.165) is 11.3 Å². The fourth-order valence-electron chi connectivity index (χ4n) is 1.59. The van der Waals surface area contributed by atoms with E-state index in [0.29, 0.717) is 5.57 Å². The van der Waals surface area contributed by atoms with Gasteiger partial charge in [0.1, 0.15) is 0 Å². The number of hydrogen-bond acceptors (Lipinski definition) is 5. The number of benzene rings is 1. The molecular formula is C13H14N2O2S. The number of methoxy groups -OCH3 is 1. The highest BCUT2D eigenvalue weighted by Crippen LogP contribution is 2.20. The number of nitrogens with one attached hydrogen (secondary N) is 2. The van der Waals surface area contributed by atoms with Gasteiger partial charge in [-0.1, -0.05) is 12.1 Å². The monoisotopic (exact) mass is 262 g/mol. The largest absolute Gasteiger partial charge is 0.465 e. The Labute approximate surface area is 110 Å². The molecule has 0 fully saturated rings. The van der Waals surface area contributed by atoms with Gasteiger partial charge in [-0.3, -0.25) is 0 Å². The van der Waals surface area contributed by atoms with Crippen molar-refractivity contribution < 1.29 is 9.53 Å². The summed E-state index contributed by atoms with van der Waals surface area (Å²) in [5.41, 5.74) is 8.18. The van der Waals surface area contributed by atoms with Crippen molar-refractivity contribution in [1.29, 1.82) is 0 Å². The van der Waals surface area contributed by atoms with Crippen LogP contribution in [0.25, 0.3) is 5.70 Å². The third-order valence-electron chi connectivity index (χ3n) is 2.56. The summed E-state index contributed by atoms with van der Waals surface area (Å²) in [6, 6.07) is 8.09. The minimum absolute atomic E-state index is 0.359. The highest BCUT2D eigenvalue weighted by atomic mass is 32.2. The van der Waals surface area contributed by atoms with Crippen LogP contribution in [0.1, 0.15) is 5.56 Å². The molecule has 1 heterocycles. The predicted octanol–water partition coefficient (Wildman–Crippen LogP) is 1.91. The lowest BCUT2D eigenvalue weighted by Crippen LogP contribution is -2.30. The number of carbonyl (C=O) groups is 1.